The van der Waals surface area contributed by atoms with E-state index in [9.17, 15) is 19.7 Å². The molecule has 1 aromatic rings. The van der Waals surface area contributed by atoms with Crippen LogP contribution in [-0.2, 0) is 16.1 Å². The third-order valence-corrected chi connectivity index (χ3v) is 2.09. The number of aromatic nitrogens is 2. The van der Waals surface area contributed by atoms with Crippen molar-refractivity contribution in [1.29, 1.82) is 0 Å². The van der Waals surface area contributed by atoms with Crippen LogP contribution < -0.4 is 5.32 Å². The Kier molecular flexibility index (Phi) is 4.59. The fourth-order valence-electron chi connectivity index (χ4n) is 1.24. The van der Waals surface area contributed by atoms with E-state index in [1.165, 1.54) is 0 Å². The summed E-state index contributed by atoms with van der Waals surface area (Å²) in [5.74, 6) is 0.226. The highest BCUT2D eigenvalue weighted by molar-refractivity contribution is 5.83. The Bertz CT molecular complexity index is 544. The van der Waals surface area contributed by atoms with Gasteiger partial charge in [-0.2, -0.15) is 5.10 Å². The molecule has 0 saturated heterocycles. The van der Waals surface area contributed by atoms with Crippen LogP contribution in [0, 0.1) is 22.5 Å². The minimum atomic E-state index is -1.25. The first-order valence-corrected chi connectivity index (χ1v) is 5.06. The summed E-state index contributed by atoms with van der Waals surface area (Å²) in [4.78, 5) is 32.0. The van der Waals surface area contributed by atoms with Crippen LogP contribution in [0.25, 0.3) is 0 Å². The lowest BCUT2D eigenvalue weighted by Crippen LogP contribution is -2.42. The number of hydrogen-bond acceptors (Lipinski definition) is 5. The maximum atomic E-state index is 11.5. The number of terminal acetylenes is 1. The van der Waals surface area contributed by atoms with Crippen molar-refractivity contribution in [2.75, 3.05) is 0 Å². The second kappa shape index (κ2) is 6.15. The van der Waals surface area contributed by atoms with E-state index >= 15 is 0 Å². The zero-order valence-corrected chi connectivity index (χ0v) is 9.65. The largest absolute Gasteiger partial charge is 0.480 e. The molecule has 19 heavy (non-hydrogen) atoms. The van der Waals surface area contributed by atoms with Crippen LogP contribution in [0.1, 0.15) is 6.42 Å². The van der Waals surface area contributed by atoms with Crippen LogP contribution in [-0.4, -0.2) is 37.7 Å². The van der Waals surface area contributed by atoms with Crippen LogP contribution in [0.15, 0.2) is 12.4 Å². The van der Waals surface area contributed by atoms with E-state index in [1.807, 2.05) is 0 Å². The van der Waals surface area contributed by atoms with Gasteiger partial charge in [-0.3, -0.25) is 19.6 Å². The molecule has 1 atom stereocenters. The highest BCUT2D eigenvalue weighted by atomic mass is 16.6. The quantitative estimate of drug-likeness (QED) is 0.401. The van der Waals surface area contributed by atoms with E-state index in [1.54, 1.807) is 0 Å². The Morgan fingerprint density at radius 2 is 2.37 bits per heavy atom. The molecule has 9 nitrogen and oxygen atoms in total. The number of carbonyl (C=O) groups is 2. The maximum absolute atomic E-state index is 11.5. The maximum Gasteiger partial charge on any atom is 0.327 e. The lowest BCUT2D eigenvalue weighted by molar-refractivity contribution is -0.385. The molecule has 1 rings (SSSR count). The van der Waals surface area contributed by atoms with Crippen LogP contribution in [0.4, 0.5) is 5.69 Å². The lowest BCUT2D eigenvalue weighted by atomic mass is 10.2. The third-order valence-electron chi connectivity index (χ3n) is 2.09. The number of nitro groups is 1. The third kappa shape index (κ3) is 4.12. The summed E-state index contributed by atoms with van der Waals surface area (Å²) in [5.41, 5.74) is -0.258. The van der Waals surface area contributed by atoms with Gasteiger partial charge in [-0.1, -0.05) is 0 Å². The van der Waals surface area contributed by atoms with Gasteiger partial charge in [-0.05, 0) is 0 Å². The average Bonchev–Trinajstić information content (AvgIpc) is 2.76. The Labute approximate surface area is 107 Å². The predicted octanol–water partition coefficient (Wildman–Crippen LogP) is -0.616. The molecule has 0 aliphatic carbocycles. The molecule has 0 aromatic carbocycles. The van der Waals surface area contributed by atoms with Gasteiger partial charge in [0.25, 0.3) is 0 Å². The minimum absolute atomic E-state index is 0.152. The van der Waals surface area contributed by atoms with E-state index in [4.69, 9.17) is 11.5 Å². The van der Waals surface area contributed by atoms with Crippen LogP contribution in [0.2, 0.25) is 0 Å². The van der Waals surface area contributed by atoms with Crippen molar-refractivity contribution in [3.05, 3.63) is 22.5 Å². The van der Waals surface area contributed by atoms with Gasteiger partial charge in [-0.15, -0.1) is 12.3 Å². The number of aliphatic carboxylic acids is 1. The molecule has 0 bridgehead atoms. The number of carbonyl (C=O) groups excluding carboxylic acids is 1. The summed E-state index contributed by atoms with van der Waals surface area (Å²) < 4.78 is 1.03. The van der Waals surface area contributed by atoms with Gasteiger partial charge in [0.05, 0.1) is 4.92 Å². The van der Waals surface area contributed by atoms with Gasteiger partial charge < -0.3 is 10.4 Å². The van der Waals surface area contributed by atoms with Crippen LogP contribution in [0.3, 0.4) is 0 Å². The zero-order valence-electron chi connectivity index (χ0n) is 9.65. The molecule has 0 fully saturated rings. The van der Waals surface area contributed by atoms with Crippen molar-refractivity contribution in [2.45, 2.75) is 19.0 Å². The van der Waals surface area contributed by atoms with E-state index in [2.05, 4.69) is 16.3 Å². The molecule has 9 heteroatoms. The fourth-order valence-corrected chi connectivity index (χ4v) is 1.24. The highest BCUT2D eigenvalue weighted by Crippen LogP contribution is 2.07. The number of carboxylic acids is 1. The number of amides is 1. The van der Waals surface area contributed by atoms with E-state index < -0.39 is 22.8 Å². The molecule has 0 radical (unpaired) electrons. The van der Waals surface area contributed by atoms with Crippen molar-refractivity contribution in [2.24, 2.45) is 0 Å². The van der Waals surface area contributed by atoms with E-state index in [0.29, 0.717) is 0 Å². The first-order chi connectivity index (χ1) is 8.93. The number of nitrogens with one attached hydrogen (secondary N) is 1. The summed E-state index contributed by atoms with van der Waals surface area (Å²) in [5, 5.41) is 25.0. The van der Waals surface area contributed by atoms with E-state index in [0.717, 1.165) is 17.1 Å². The van der Waals surface area contributed by atoms with Gasteiger partial charge in [0.1, 0.15) is 25.0 Å². The number of nitrogens with zero attached hydrogens (tertiary/aromatic N) is 3. The Hall–Kier alpha value is -2.89. The molecular weight excluding hydrogens is 256 g/mol. The molecule has 1 heterocycles. The zero-order chi connectivity index (χ0) is 14.4. The van der Waals surface area contributed by atoms with Gasteiger partial charge >= 0.3 is 11.7 Å². The second-order valence-corrected chi connectivity index (χ2v) is 3.52. The fraction of sp³-hybridized carbons (Fsp3) is 0.300. The second-order valence-electron chi connectivity index (χ2n) is 3.52. The van der Waals surface area contributed by atoms with Gasteiger partial charge in [0.2, 0.25) is 5.91 Å². The first-order valence-electron chi connectivity index (χ1n) is 5.06. The van der Waals surface area contributed by atoms with Crippen LogP contribution >= 0.6 is 0 Å². The highest BCUT2D eigenvalue weighted by Gasteiger charge is 2.19. The molecule has 2 N–H and O–H groups in total. The first kappa shape index (κ1) is 14.2. The molecule has 1 amide bonds. The molecular formula is C10H10N4O5. The van der Waals surface area contributed by atoms with Crippen molar-refractivity contribution in [3.8, 4) is 12.3 Å². The summed E-state index contributed by atoms with van der Waals surface area (Å²) in [6, 6.07) is -1.19. The Morgan fingerprint density at radius 3 is 2.84 bits per heavy atom. The smallest absolute Gasteiger partial charge is 0.327 e. The van der Waals surface area contributed by atoms with E-state index in [-0.39, 0.29) is 18.7 Å². The number of carboxylic acid groups (broad SMARTS) is 1. The molecule has 0 aliphatic heterocycles. The predicted molar refractivity (Wildman–Crippen MR) is 61.9 cm³/mol. The van der Waals surface area contributed by atoms with Gasteiger partial charge in [0.15, 0.2) is 0 Å². The Balaban J connectivity index is 2.61. The SMILES string of the molecule is C#CCC(NC(=O)Cn1cc([N+](=O)[O-])cn1)C(=O)O. The van der Waals surface area contributed by atoms with Gasteiger partial charge in [0, 0.05) is 6.42 Å². The van der Waals surface area contributed by atoms with Crippen molar-refractivity contribution in [1.82, 2.24) is 15.1 Å². The normalized spacial score (nSPS) is 11.3. The summed E-state index contributed by atoms with van der Waals surface area (Å²) >= 11 is 0. The molecule has 0 aliphatic rings. The van der Waals surface area contributed by atoms with Gasteiger partial charge in [-0.25, -0.2) is 4.79 Å². The molecule has 100 valence electrons. The minimum Gasteiger partial charge on any atom is -0.480 e. The lowest BCUT2D eigenvalue weighted by Gasteiger charge is -2.11. The van der Waals surface area contributed by atoms with Crippen molar-refractivity contribution in [3.63, 3.8) is 0 Å². The van der Waals surface area contributed by atoms with Crippen molar-refractivity contribution < 1.29 is 19.6 Å². The standard InChI is InChI=1S/C10H10N4O5/c1-2-3-8(10(16)17)12-9(15)6-13-5-7(4-11-13)14(18)19/h1,4-5,8H,3,6H2,(H,12,15)(H,16,17). The van der Waals surface area contributed by atoms with Crippen molar-refractivity contribution >= 4 is 17.6 Å². The number of rotatable bonds is 6. The molecule has 0 spiro atoms. The Morgan fingerprint density at radius 1 is 1.68 bits per heavy atom. The molecule has 1 unspecified atom stereocenters. The summed E-state index contributed by atoms with van der Waals surface area (Å²) in [6.07, 6.45) is 6.88. The average molecular weight is 266 g/mol. The topological polar surface area (TPSA) is 127 Å². The van der Waals surface area contributed by atoms with Crippen LogP contribution in [0.5, 0.6) is 0 Å². The number of hydrogen-bond donors (Lipinski definition) is 2. The summed E-state index contributed by atoms with van der Waals surface area (Å²) in [7, 11) is 0. The molecule has 0 saturated carbocycles. The monoisotopic (exact) mass is 266 g/mol. The summed E-state index contributed by atoms with van der Waals surface area (Å²) in [6.45, 7) is -0.331. The molecule has 1 aromatic heterocycles.